The number of halogens is 2. The molecule has 1 heterocycles. The van der Waals surface area contributed by atoms with Crippen LogP contribution >= 0.6 is 27.7 Å². The number of nitrogens with one attached hydrogen (secondary N) is 1. The normalized spacial score (nSPS) is 15.5. The topological polar surface area (TPSA) is 66.5 Å². The van der Waals surface area contributed by atoms with Crippen LogP contribution in [-0.4, -0.2) is 28.5 Å². The van der Waals surface area contributed by atoms with Gasteiger partial charge < -0.3 is 5.32 Å². The molecule has 2 aromatic rings. The molecule has 1 fully saturated rings. The fourth-order valence-corrected chi connectivity index (χ4v) is 3.61. The van der Waals surface area contributed by atoms with Crippen molar-refractivity contribution < 1.29 is 18.8 Å². The van der Waals surface area contributed by atoms with Gasteiger partial charge in [0.15, 0.2) is 0 Å². The van der Waals surface area contributed by atoms with Gasteiger partial charge in [0.2, 0.25) is 5.91 Å². The third kappa shape index (κ3) is 4.64. The molecule has 1 aliphatic heterocycles. The largest absolute Gasteiger partial charge is 0.325 e. The molecule has 0 saturated carbocycles. The van der Waals surface area contributed by atoms with Crippen molar-refractivity contribution in [3.05, 3.63) is 68.8 Å². The molecular formula is C19H14BrFN2O3S. The Morgan fingerprint density at radius 2 is 1.93 bits per heavy atom. The van der Waals surface area contributed by atoms with Crippen LogP contribution < -0.4 is 5.32 Å². The second-order valence-electron chi connectivity index (χ2n) is 5.86. The van der Waals surface area contributed by atoms with Crippen molar-refractivity contribution in [2.24, 2.45) is 0 Å². The molecule has 0 aliphatic carbocycles. The number of hydrogen-bond acceptors (Lipinski definition) is 4. The van der Waals surface area contributed by atoms with Gasteiger partial charge in [-0.15, -0.1) is 0 Å². The van der Waals surface area contributed by atoms with E-state index in [1.807, 2.05) is 19.1 Å². The molecule has 0 aromatic heterocycles. The number of hydrogen-bond donors (Lipinski definition) is 1. The van der Waals surface area contributed by atoms with Gasteiger partial charge in [0.1, 0.15) is 12.4 Å². The lowest BCUT2D eigenvalue weighted by Gasteiger charge is -2.12. The zero-order valence-electron chi connectivity index (χ0n) is 14.2. The fourth-order valence-electron chi connectivity index (χ4n) is 2.37. The Morgan fingerprint density at radius 1 is 1.22 bits per heavy atom. The Hall–Kier alpha value is -2.45. The van der Waals surface area contributed by atoms with E-state index in [2.05, 4.69) is 21.2 Å². The van der Waals surface area contributed by atoms with Crippen LogP contribution in [0.25, 0.3) is 6.08 Å². The maximum atomic E-state index is 13.3. The maximum Gasteiger partial charge on any atom is 0.294 e. The highest BCUT2D eigenvalue weighted by Gasteiger charge is 2.36. The van der Waals surface area contributed by atoms with Gasteiger partial charge in [0.05, 0.1) is 9.38 Å². The Balaban J connectivity index is 1.70. The predicted octanol–water partition coefficient (Wildman–Crippen LogP) is 4.57. The molecule has 3 amide bonds. The van der Waals surface area contributed by atoms with Crippen LogP contribution in [0.3, 0.4) is 0 Å². The van der Waals surface area contributed by atoms with Crippen LogP contribution in [0.1, 0.15) is 11.1 Å². The minimum Gasteiger partial charge on any atom is -0.325 e. The number of nitrogens with zero attached hydrogens (tertiary/aromatic N) is 1. The van der Waals surface area contributed by atoms with E-state index in [0.29, 0.717) is 11.3 Å². The first kappa shape index (κ1) is 19.3. The van der Waals surface area contributed by atoms with Gasteiger partial charge in [-0.05, 0) is 70.5 Å². The molecule has 27 heavy (non-hydrogen) atoms. The van der Waals surface area contributed by atoms with Crippen LogP contribution in [0.5, 0.6) is 0 Å². The molecule has 1 N–H and O–H groups in total. The maximum absolute atomic E-state index is 13.3. The molecule has 0 atom stereocenters. The van der Waals surface area contributed by atoms with E-state index >= 15 is 0 Å². The summed E-state index contributed by atoms with van der Waals surface area (Å²) in [4.78, 5) is 37.8. The van der Waals surface area contributed by atoms with Gasteiger partial charge in [-0.1, -0.05) is 23.8 Å². The average molecular weight is 449 g/mol. The van der Waals surface area contributed by atoms with Crippen molar-refractivity contribution in [3.8, 4) is 0 Å². The van der Waals surface area contributed by atoms with Crippen molar-refractivity contribution in [3.63, 3.8) is 0 Å². The molecule has 5 nitrogen and oxygen atoms in total. The van der Waals surface area contributed by atoms with E-state index in [9.17, 15) is 18.8 Å². The Labute approximate surface area is 167 Å². The van der Waals surface area contributed by atoms with Gasteiger partial charge in [0.25, 0.3) is 11.1 Å². The van der Waals surface area contributed by atoms with E-state index in [1.54, 1.807) is 12.1 Å². The van der Waals surface area contributed by atoms with E-state index in [-0.39, 0.29) is 15.9 Å². The molecule has 0 radical (unpaired) electrons. The summed E-state index contributed by atoms with van der Waals surface area (Å²) in [7, 11) is 0. The lowest BCUT2D eigenvalue weighted by Crippen LogP contribution is -2.36. The standard InChI is InChI=1S/C19H14BrFN2O3S/c1-11-2-5-13(6-3-11)22-17(24)10-23-18(25)16(27-19(23)26)9-12-4-7-15(21)14(20)8-12/h2-9H,10H2,1H3,(H,22,24)/b16-9+. The zero-order chi connectivity index (χ0) is 19.6. The first-order chi connectivity index (χ1) is 12.8. The number of carbonyl (C=O) groups excluding carboxylic acids is 3. The smallest absolute Gasteiger partial charge is 0.294 e. The molecule has 0 unspecified atom stereocenters. The van der Waals surface area contributed by atoms with Crippen molar-refractivity contribution in [1.29, 1.82) is 0 Å². The molecule has 0 spiro atoms. The van der Waals surface area contributed by atoms with E-state index < -0.39 is 22.9 Å². The van der Waals surface area contributed by atoms with Gasteiger partial charge in [-0.3, -0.25) is 19.3 Å². The first-order valence-corrected chi connectivity index (χ1v) is 9.51. The summed E-state index contributed by atoms with van der Waals surface area (Å²) in [5, 5.41) is 2.13. The van der Waals surface area contributed by atoms with Gasteiger partial charge >= 0.3 is 0 Å². The van der Waals surface area contributed by atoms with Crippen molar-refractivity contribution in [1.82, 2.24) is 4.90 Å². The number of imide groups is 1. The third-order valence-electron chi connectivity index (χ3n) is 3.75. The summed E-state index contributed by atoms with van der Waals surface area (Å²) < 4.78 is 13.6. The highest BCUT2D eigenvalue weighted by molar-refractivity contribution is 9.10. The van der Waals surface area contributed by atoms with E-state index in [1.165, 1.54) is 24.3 Å². The van der Waals surface area contributed by atoms with Crippen LogP contribution in [0.4, 0.5) is 14.9 Å². The predicted molar refractivity (Wildman–Crippen MR) is 107 cm³/mol. The molecule has 0 bridgehead atoms. The molecule has 8 heteroatoms. The minimum atomic E-state index is -0.551. The molecule has 138 valence electrons. The number of aryl methyl sites for hydroxylation is 1. The van der Waals surface area contributed by atoms with Gasteiger partial charge in [-0.2, -0.15) is 0 Å². The Kier molecular flexibility index (Phi) is 5.76. The van der Waals surface area contributed by atoms with Crippen molar-refractivity contribution >= 4 is 56.5 Å². The summed E-state index contributed by atoms with van der Waals surface area (Å²) in [6, 6.07) is 11.4. The summed E-state index contributed by atoms with van der Waals surface area (Å²) in [5.41, 5.74) is 2.21. The Bertz CT molecular complexity index is 960. The summed E-state index contributed by atoms with van der Waals surface area (Å²) in [6.45, 7) is 1.56. The highest BCUT2D eigenvalue weighted by Crippen LogP contribution is 2.32. The van der Waals surface area contributed by atoms with Crippen molar-refractivity contribution in [2.45, 2.75) is 6.92 Å². The monoisotopic (exact) mass is 448 g/mol. The van der Waals surface area contributed by atoms with Crippen LogP contribution in [0.15, 0.2) is 51.8 Å². The lowest BCUT2D eigenvalue weighted by atomic mass is 10.2. The van der Waals surface area contributed by atoms with Gasteiger partial charge in [0, 0.05) is 5.69 Å². The second kappa shape index (κ2) is 8.06. The van der Waals surface area contributed by atoms with Crippen LogP contribution in [0, 0.1) is 12.7 Å². The first-order valence-electron chi connectivity index (χ1n) is 7.90. The summed E-state index contributed by atoms with van der Waals surface area (Å²) in [6.07, 6.45) is 1.49. The molecule has 3 rings (SSSR count). The summed E-state index contributed by atoms with van der Waals surface area (Å²) in [5.74, 6) is -1.44. The van der Waals surface area contributed by atoms with Gasteiger partial charge in [-0.25, -0.2) is 4.39 Å². The number of anilines is 1. The van der Waals surface area contributed by atoms with E-state index in [4.69, 9.17) is 0 Å². The highest BCUT2D eigenvalue weighted by atomic mass is 79.9. The lowest BCUT2D eigenvalue weighted by molar-refractivity contribution is -0.127. The fraction of sp³-hybridized carbons (Fsp3) is 0.105. The van der Waals surface area contributed by atoms with Crippen LogP contribution in [-0.2, 0) is 9.59 Å². The number of benzene rings is 2. The summed E-state index contributed by atoms with van der Waals surface area (Å²) >= 11 is 3.82. The minimum absolute atomic E-state index is 0.182. The number of rotatable bonds is 4. The molecule has 1 aliphatic rings. The molecular weight excluding hydrogens is 435 g/mol. The molecule has 2 aromatic carbocycles. The number of carbonyl (C=O) groups is 3. The third-order valence-corrected chi connectivity index (χ3v) is 5.27. The van der Waals surface area contributed by atoms with E-state index in [0.717, 1.165) is 22.2 Å². The number of thioether (sulfide) groups is 1. The zero-order valence-corrected chi connectivity index (χ0v) is 16.6. The SMILES string of the molecule is Cc1ccc(NC(=O)CN2C(=O)S/C(=C/c3ccc(F)c(Br)c3)C2=O)cc1. The quantitative estimate of drug-likeness (QED) is 0.695. The number of amides is 3. The molecule has 1 saturated heterocycles. The van der Waals surface area contributed by atoms with Crippen molar-refractivity contribution in [2.75, 3.05) is 11.9 Å². The Morgan fingerprint density at radius 3 is 2.59 bits per heavy atom. The second-order valence-corrected chi connectivity index (χ2v) is 7.70. The van der Waals surface area contributed by atoms with Crippen LogP contribution in [0.2, 0.25) is 0 Å². The average Bonchev–Trinajstić information content (AvgIpc) is 2.87.